The molecule has 0 amide bonds. The smallest absolute Gasteiger partial charge is 0.140 e. The zero-order valence-corrected chi connectivity index (χ0v) is 14.0. The molecule has 2 heterocycles. The van der Waals surface area contributed by atoms with Gasteiger partial charge in [0.25, 0.3) is 0 Å². The minimum absolute atomic E-state index is 0.130. The van der Waals surface area contributed by atoms with Crippen molar-refractivity contribution in [1.29, 1.82) is 0 Å². The lowest BCUT2D eigenvalue weighted by Crippen LogP contribution is -2.49. The number of nitrogens with zero attached hydrogens (tertiary/aromatic N) is 1. The van der Waals surface area contributed by atoms with Crippen molar-refractivity contribution in [2.24, 2.45) is 11.3 Å². The fraction of sp³-hybridized carbons (Fsp3) is 0.579. The van der Waals surface area contributed by atoms with Crippen molar-refractivity contribution < 1.29 is 13.9 Å². The Labute approximate surface area is 136 Å². The zero-order chi connectivity index (χ0) is 16.4. The number of likely N-dealkylation sites (tertiary alicyclic amines) is 1. The summed E-state index contributed by atoms with van der Waals surface area (Å²) in [5.41, 5.74) is 0.559. The summed E-state index contributed by atoms with van der Waals surface area (Å²) in [6.07, 6.45) is 3.99. The van der Waals surface area contributed by atoms with Crippen LogP contribution in [0.3, 0.4) is 0 Å². The topological polar surface area (TPSA) is 36.6 Å². The van der Waals surface area contributed by atoms with Crippen molar-refractivity contribution in [3.05, 3.63) is 35.3 Å². The van der Waals surface area contributed by atoms with Gasteiger partial charge in [0.2, 0.25) is 0 Å². The number of fused-ring (bicyclic) bond motifs is 3. The van der Waals surface area contributed by atoms with Crippen molar-refractivity contribution >= 4 is 11.0 Å². The third kappa shape index (κ3) is 1.94. The second kappa shape index (κ2) is 4.81. The molecule has 2 aromatic rings. The van der Waals surface area contributed by atoms with Crippen LogP contribution in [0.4, 0.5) is 4.39 Å². The normalized spacial score (nSPS) is 28.4. The second-order valence-electron chi connectivity index (χ2n) is 7.96. The molecular formula is C19H24FNO2. The standard InChI is InChI=1S/C19H24FNO2/c1-18(2)11-14-15(20)10-12-6-9-23-17(12)16(14)19(18,22)13-4-7-21(3)8-5-13/h6,9-10,13,22H,4-5,7-8,11H2,1-3H3. The minimum atomic E-state index is -1.04. The molecule has 0 saturated carbocycles. The van der Waals surface area contributed by atoms with E-state index < -0.39 is 11.0 Å². The second-order valence-corrected chi connectivity index (χ2v) is 7.96. The van der Waals surface area contributed by atoms with Crippen LogP contribution in [0.2, 0.25) is 0 Å². The molecule has 2 aliphatic rings. The third-order valence-corrected chi connectivity index (χ3v) is 6.14. The predicted molar refractivity (Wildman–Crippen MR) is 87.8 cm³/mol. The van der Waals surface area contributed by atoms with E-state index in [2.05, 4.69) is 25.8 Å². The van der Waals surface area contributed by atoms with Crippen LogP contribution in [0.15, 0.2) is 22.8 Å². The van der Waals surface area contributed by atoms with E-state index in [1.54, 1.807) is 12.3 Å². The number of rotatable bonds is 1. The Morgan fingerprint density at radius 1 is 1.30 bits per heavy atom. The highest BCUT2D eigenvalue weighted by molar-refractivity contribution is 5.84. The summed E-state index contributed by atoms with van der Waals surface area (Å²) in [6, 6.07) is 3.31. The highest BCUT2D eigenvalue weighted by atomic mass is 19.1. The van der Waals surface area contributed by atoms with Crippen molar-refractivity contribution in [2.45, 2.75) is 38.7 Å². The maximum Gasteiger partial charge on any atom is 0.140 e. The van der Waals surface area contributed by atoms with Gasteiger partial charge in [0.05, 0.1) is 6.26 Å². The van der Waals surface area contributed by atoms with E-state index in [0.717, 1.165) is 31.3 Å². The SMILES string of the molecule is CN1CCC(C2(O)c3c(c(F)cc4ccoc34)CC2(C)C)CC1. The van der Waals surface area contributed by atoms with E-state index in [0.29, 0.717) is 23.1 Å². The number of hydrogen-bond donors (Lipinski definition) is 1. The molecule has 0 radical (unpaired) electrons. The predicted octanol–water partition coefficient (Wildman–Crippen LogP) is 3.68. The molecule has 124 valence electrons. The van der Waals surface area contributed by atoms with E-state index in [1.807, 2.05) is 0 Å². The molecule has 1 aliphatic heterocycles. The highest BCUT2D eigenvalue weighted by Crippen LogP contribution is 2.58. The number of benzene rings is 1. The molecule has 23 heavy (non-hydrogen) atoms. The Balaban J connectivity index is 1.93. The van der Waals surface area contributed by atoms with Crippen LogP contribution in [0.25, 0.3) is 11.0 Å². The Morgan fingerprint density at radius 2 is 2.00 bits per heavy atom. The Hall–Kier alpha value is -1.39. The number of piperidine rings is 1. The van der Waals surface area contributed by atoms with Gasteiger partial charge in [-0.25, -0.2) is 4.39 Å². The quantitative estimate of drug-likeness (QED) is 0.871. The van der Waals surface area contributed by atoms with Gasteiger partial charge in [-0.05, 0) is 63.0 Å². The van der Waals surface area contributed by atoms with Crippen LogP contribution in [-0.2, 0) is 12.0 Å². The first-order chi connectivity index (χ1) is 10.8. The van der Waals surface area contributed by atoms with Crippen LogP contribution < -0.4 is 0 Å². The lowest BCUT2D eigenvalue weighted by Gasteiger charge is -2.46. The summed E-state index contributed by atoms with van der Waals surface area (Å²) in [6.45, 7) is 6.04. The van der Waals surface area contributed by atoms with Crippen LogP contribution in [0, 0.1) is 17.2 Å². The van der Waals surface area contributed by atoms with E-state index in [4.69, 9.17) is 4.42 Å². The molecule has 1 atom stereocenters. The maximum absolute atomic E-state index is 14.7. The van der Waals surface area contributed by atoms with Crippen molar-refractivity contribution in [3.8, 4) is 0 Å². The summed E-state index contributed by atoms with van der Waals surface area (Å²) in [4.78, 5) is 2.29. The molecule has 4 heteroatoms. The van der Waals surface area contributed by atoms with Crippen LogP contribution in [-0.4, -0.2) is 30.1 Å². The summed E-state index contributed by atoms with van der Waals surface area (Å²) in [5.74, 6) is -0.0872. The molecule has 3 nitrogen and oxygen atoms in total. The molecule has 0 spiro atoms. The molecule has 0 bridgehead atoms. The highest BCUT2D eigenvalue weighted by Gasteiger charge is 2.57. The summed E-state index contributed by atoms with van der Waals surface area (Å²) < 4.78 is 20.3. The van der Waals surface area contributed by atoms with Crippen molar-refractivity contribution in [1.82, 2.24) is 4.90 Å². The van der Waals surface area contributed by atoms with Gasteiger partial charge in [-0.3, -0.25) is 0 Å². The van der Waals surface area contributed by atoms with Gasteiger partial charge < -0.3 is 14.4 Å². The Kier molecular flexibility index (Phi) is 3.17. The average Bonchev–Trinajstić information content (AvgIpc) is 3.02. The van der Waals surface area contributed by atoms with E-state index >= 15 is 0 Å². The molecule has 1 fully saturated rings. The number of halogens is 1. The van der Waals surface area contributed by atoms with Gasteiger partial charge in [-0.15, -0.1) is 0 Å². The molecular weight excluding hydrogens is 293 g/mol. The van der Waals surface area contributed by atoms with Gasteiger partial charge in [-0.1, -0.05) is 13.8 Å². The van der Waals surface area contributed by atoms with Crippen LogP contribution in [0.5, 0.6) is 0 Å². The van der Waals surface area contributed by atoms with Crippen LogP contribution >= 0.6 is 0 Å². The molecule has 1 unspecified atom stereocenters. The van der Waals surface area contributed by atoms with Gasteiger partial charge in [0.1, 0.15) is 17.0 Å². The maximum atomic E-state index is 14.7. The van der Waals surface area contributed by atoms with E-state index in [-0.39, 0.29) is 11.7 Å². The largest absolute Gasteiger partial charge is 0.464 e. The molecule has 4 rings (SSSR count). The lowest BCUT2D eigenvalue weighted by molar-refractivity contribution is -0.121. The molecule has 1 saturated heterocycles. The monoisotopic (exact) mass is 317 g/mol. The Morgan fingerprint density at radius 3 is 2.70 bits per heavy atom. The Bertz CT molecular complexity index is 758. The molecule has 1 aromatic heterocycles. The number of hydrogen-bond acceptors (Lipinski definition) is 3. The molecule has 1 aliphatic carbocycles. The van der Waals surface area contributed by atoms with E-state index in [1.165, 1.54) is 6.07 Å². The fourth-order valence-electron chi connectivity index (χ4n) is 4.79. The molecule has 1 aromatic carbocycles. The van der Waals surface area contributed by atoms with Crippen molar-refractivity contribution in [3.63, 3.8) is 0 Å². The number of aliphatic hydroxyl groups is 1. The van der Waals surface area contributed by atoms with Gasteiger partial charge in [-0.2, -0.15) is 0 Å². The van der Waals surface area contributed by atoms with Gasteiger partial charge in [0, 0.05) is 16.4 Å². The lowest BCUT2D eigenvalue weighted by atomic mass is 9.65. The van der Waals surface area contributed by atoms with Crippen molar-refractivity contribution in [2.75, 3.05) is 20.1 Å². The first-order valence-electron chi connectivity index (χ1n) is 8.44. The van der Waals surface area contributed by atoms with Crippen LogP contribution in [0.1, 0.15) is 37.8 Å². The summed E-state index contributed by atoms with van der Waals surface area (Å²) >= 11 is 0. The van der Waals surface area contributed by atoms with E-state index in [9.17, 15) is 9.50 Å². The zero-order valence-electron chi connectivity index (χ0n) is 14.0. The summed E-state index contributed by atoms with van der Waals surface area (Å²) in [7, 11) is 2.11. The molecule has 1 N–H and O–H groups in total. The fourth-order valence-corrected chi connectivity index (χ4v) is 4.79. The number of furan rings is 1. The first kappa shape index (κ1) is 15.2. The van der Waals surface area contributed by atoms with Gasteiger partial charge in [0.15, 0.2) is 0 Å². The average molecular weight is 317 g/mol. The summed E-state index contributed by atoms with van der Waals surface area (Å²) in [5, 5.41) is 12.6. The third-order valence-electron chi connectivity index (χ3n) is 6.14. The first-order valence-corrected chi connectivity index (χ1v) is 8.44. The van der Waals surface area contributed by atoms with Gasteiger partial charge >= 0.3 is 0 Å². The minimum Gasteiger partial charge on any atom is -0.464 e.